The minimum absolute atomic E-state index is 0.0923. The molecule has 122 valence electrons. The van der Waals surface area contributed by atoms with Crippen molar-refractivity contribution in [2.75, 3.05) is 30.4 Å². The van der Waals surface area contributed by atoms with Crippen LogP contribution in [0.25, 0.3) is 0 Å². The van der Waals surface area contributed by atoms with Crippen molar-refractivity contribution in [3.05, 3.63) is 59.9 Å². The van der Waals surface area contributed by atoms with E-state index in [2.05, 4.69) is 5.32 Å². The molecular formula is C18H21FN2O2. The molecule has 23 heavy (non-hydrogen) atoms. The molecule has 0 saturated heterocycles. The number of likely N-dealkylation sites (N-methyl/N-ethyl adjacent to an activating group) is 1. The first-order chi connectivity index (χ1) is 11.1. The van der Waals surface area contributed by atoms with Gasteiger partial charge in [-0.3, -0.25) is 4.79 Å². The number of carbonyl (C=O) groups is 1. The third-order valence-electron chi connectivity index (χ3n) is 3.56. The predicted molar refractivity (Wildman–Crippen MR) is 90.1 cm³/mol. The monoisotopic (exact) mass is 316 g/mol. The Hall–Kier alpha value is -2.40. The number of aryl methyl sites for hydroxylation is 1. The zero-order chi connectivity index (χ0) is 16.7. The van der Waals surface area contributed by atoms with Crippen molar-refractivity contribution >= 4 is 17.3 Å². The molecule has 0 heterocycles. The van der Waals surface area contributed by atoms with Gasteiger partial charge in [-0.15, -0.1) is 0 Å². The lowest BCUT2D eigenvalue weighted by molar-refractivity contribution is -0.116. The summed E-state index contributed by atoms with van der Waals surface area (Å²) in [7, 11) is 1.89. The standard InChI is InChI=1S/C18H21FN2O2/c1-21(11-12-22)17-8-6-16(7-9-17)20-18(23)10-5-14-3-2-4-15(19)13-14/h2-4,6-9,13,22H,5,10-12H2,1H3,(H,20,23). The number of rotatable bonds is 7. The Balaban J connectivity index is 1.85. The first kappa shape index (κ1) is 17.0. The molecule has 0 spiro atoms. The highest BCUT2D eigenvalue weighted by atomic mass is 19.1. The van der Waals surface area contributed by atoms with Gasteiger partial charge < -0.3 is 15.3 Å². The van der Waals surface area contributed by atoms with Gasteiger partial charge in [0.2, 0.25) is 5.91 Å². The van der Waals surface area contributed by atoms with Gasteiger partial charge in [0.05, 0.1) is 6.61 Å². The second kappa shape index (κ2) is 8.29. The number of anilines is 2. The zero-order valence-electron chi connectivity index (χ0n) is 13.1. The largest absolute Gasteiger partial charge is 0.395 e. The molecule has 2 rings (SSSR count). The van der Waals surface area contributed by atoms with Gasteiger partial charge in [0.25, 0.3) is 0 Å². The summed E-state index contributed by atoms with van der Waals surface area (Å²) in [6.45, 7) is 0.647. The van der Waals surface area contributed by atoms with E-state index >= 15 is 0 Å². The average Bonchev–Trinajstić information content (AvgIpc) is 2.54. The molecule has 1 amide bonds. The number of benzene rings is 2. The van der Waals surface area contributed by atoms with Crippen molar-refractivity contribution in [1.29, 1.82) is 0 Å². The van der Waals surface area contributed by atoms with E-state index in [1.54, 1.807) is 6.07 Å². The van der Waals surface area contributed by atoms with Crippen LogP contribution >= 0.6 is 0 Å². The molecule has 0 aromatic heterocycles. The lowest BCUT2D eigenvalue weighted by atomic mass is 10.1. The van der Waals surface area contributed by atoms with Gasteiger partial charge in [0.1, 0.15) is 5.82 Å². The van der Waals surface area contributed by atoms with Crippen LogP contribution in [0.2, 0.25) is 0 Å². The van der Waals surface area contributed by atoms with Gasteiger partial charge in [0, 0.05) is 31.4 Å². The number of halogens is 1. The Morgan fingerprint density at radius 2 is 1.96 bits per heavy atom. The van der Waals surface area contributed by atoms with Crippen molar-refractivity contribution in [3.63, 3.8) is 0 Å². The molecular weight excluding hydrogens is 295 g/mol. The lowest BCUT2D eigenvalue weighted by Crippen LogP contribution is -2.21. The maximum atomic E-state index is 13.1. The molecule has 5 heteroatoms. The number of nitrogens with one attached hydrogen (secondary N) is 1. The Bertz CT molecular complexity index is 644. The van der Waals surface area contributed by atoms with Crippen molar-refractivity contribution in [2.24, 2.45) is 0 Å². The molecule has 0 aliphatic carbocycles. The quantitative estimate of drug-likeness (QED) is 0.826. The van der Waals surface area contributed by atoms with E-state index in [-0.39, 0.29) is 18.3 Å². The molecule has 0 aliphatic rings. The first-order valence-corrected chi connectivity index (χ1v) is 7.55. The van der Waals surface area contributed by atoms with E-state index in [0.29, 0.717) is 19.4 Å². The maximum Gasteiger partial charge on any atom is 0.224 e. The van der Waals surface area contributed by atoms with Crippen molar-refractivity contribution in [3.8, 4) is 0 Å². The summed E-state index contributed by atoms with van der Waals surface area (Å²) in [6, 6.07) is 13.7. The number of amides is 1. The summed E-state index contributed by atoms with van der Waals surface area (Å²) in [5.41, 5.74) is 2.49. The average molecular weight is 316 g/mol. The molecule has 2 aromatic rings. The Morgan fingerprint density at radius 3 is 2.61 bits per heavy atom. The fraction of sp³-hybridized carbons (Fsp3) is 0.278. The summed E-state index contributed by atoms with van der Waals surface area (Å²) in [5, 5.41) is 11.7. The smallest absolute Gasteiger partial charge is 0.224 e. The van der Waals surface area contributed by atoms with E-state index in [1.807, 2.05) is 42.3 Å². The minimum atomic E-state index is -0.287. The van der Waals surface area contributed by atoms with Gasteiger partial charge >= 0.3 is 0 Å². The van der Waals surface area contributed by atoms with Gasteiger partial charge in [-0.25, -0.2) is 4.39 Å². The third-order valence-corrected chi connectivity index (χ3v) is 3.56. The normalized spacial score (nSPS) is 10.4. The van der Waals surface area contributed by atoms with Gasteiger partial charge in [-0.05, 0) is 48.4 Å². The number of aliphatic hydroxyl groups excluding tert-OH is 1. The molecule has 0 fully saturated rings. The maximum absolute atomic E-state index is 13.1. The van der Waals surface area contributed by atoms with Gasteiger partial charge in [-0.1, -0.05) is 12.1 Å². The summed E-state index contributed by atoms with van der Waals surface area (Å²) < 4.78 is 13.1. The molecule has 0 bridgehead atoms. The van der Waals surface area contributed by atoms with Crippen molar-refractivity contribution in [2.45, 2.75) is 12.8 Å². The fourth-order valence-electron chi connectivity index (χ4n) is 2.25. The fourth-order valence-corrected chi connectivity index (χ4v) is 2.25. The summed E-state index contributed by atoms with van der Waals surface area (Å²) in [6.07, 6.45) is 0.802. The minimum Gasteiger partial charge on any atom is -0.395 e. The number of aliphatic hydroxyl groups is 1. The Labute approximate surface area is 135 Å². The molecule has 2 N–H and O–H groups in total. The number of carbonyl (C=O) groups excluding carboxylic acids is 1. The van der Waals surface area contributed by atoms with Crippen LogP contribution in [0.5, 0.6) is 0 Å². The molecule has 0 atom stereocenters. The van der Waals surface area contributed by atoms with Crippen LogP contribution in [0.1, 0.15) is 12.0 Å². The summed E-state index contributed by atoms with van der Waals surface area (Å²) >= 11 is 0. The lowest BCUT2D eigenvalue weighted by Gasteiger charge is -2.18. The SMILES string of the molecule is CN(CCO)c1ccc(NC(=O)CCc2cccc(F)c2)cc1. The number of hydrogen-bond acceptors (Lipinski definition) is 3. The Kier molecular flexibility index (Phi) is 6.11. The van der Waals surface area contributed by atoms with Crippen LogP contribution in [0, 0.1) is 5.82 Å². The predicted octanol–water partition coefficient (Wildman–Crippen LogP) is 2.83. The zero-order valence-corrected chi connectivity index (χ0v) is 13.1. The molecule has 0 saturated carbocycles. The third kappa shape index (κ3) is 5.38. The highest BCUT2D eigenvalue weighted by Crippen LogP contribution is 2.17. The van der Waals surface area contributed by atoms with E-state index < -0.39 is 0 Å². The van der Waals surface area contributed by atoms with Crippen molar-refractivity contribution < 1.29 is 14.3 Å². The molecule has 4 nitrogen and oxygen atoms in total. The molecule has 0 radical (unpaired) electrons. The molecule has 0 unspecified atom stereocenters. The molecule has 2 aromatic carbocycles. The van der Waals surface area contributed by atoms with Gasteiger partial charge in [-0.2, -0.15) is 0 Å². The van der Waals surface area contributed by atoms with Crippen LogP contribution in [0.4, 0.5) is 15.8 Å². The van der Waals surface area contributed by atoms with Crippen LogP contribution < -0.4 is 10.2 Å². The highest BCUT2D eigenvalue weighted by molar-refractivity contribution is 5.91. The van der Waals surface area contributed by atoms with Crippen molar-refractivity contribution in [1.82, 2.24) is 0 Å². The van der Waals surface area contributed by atoms with Crippen LogP contribution in [0.15, 0.2) is 48.5 Å². The summed E-state index contributed by atoms with van der Waals surface area (Å²) in [5.74, 6) is -0.392. The second-order valence-corrected chi connectivity index (χ2v) is 5.37. The Morgan fingerprint density at radius 1 is 1.22 bits per heavy atom. The first-order valence-electron chi connectivity index (χ1n) is 7.55. The summed E-state index contributed by atoms with van der Waals surface area (Å²) in [4.78, 5) is 13.9. The van der Waals surface area contributed by atoms with Crippen LogP contribution in [-0.2, 0) is 11.2 Å². The van der Waals surface area contributed by atoms with E-state index in [0.717, 1.165) is 16.9 Å². The van der Waals surface area contributed by atoms with E-state index in [1.165, 1.54) is 12.1 Å². The van der Waals surface area contributed by atoms with Gasteiger partial charge in [0.15, 0.2) is 0 Å². The number of nitrogens with zero attached hydrogens (tertiary/aromatic N) is 1. The van der Waals surface area contributed by atoms with E-state index in [4.69, 9.17) is 5.11 Å². The second-order valence-electron chi connectivity index (χ2n) is 5.37. The van der Waals surface area contributed by atoms with Crippen LogP contribution in [0.3, 0.4) is 0 Å². The highest BCUT2D eigenvalue weighted by Gasteiger charge is 2.05. The number of hydrogen-bond donors (Lipinski definition) is 2. The molecule has 0 aliphatic heterocycles. The topological polar surface area (TPSA) is 52.6 Å². The van der Waals surface area contributed by atoms with E-state index in [9.17, 15) is 9.18 Å². The van der Waals surface area contributed by atoms with Crippen LogP contribution in [-0.4, -0.2) is 31.2 Å².